The largest absolute Gasteiger partial charge is 0.492 e. The summed E-state index contributed by atoms with van der Waals surface area (Å²) in [6.07, 6.45) is 0.459. The third-order valence-corrected chi connectivity index (χ3v) is 3.17. The van der Waals surface area contributed by atoms with Crippen LogP contribution < -0.4 is 4.74 Å². The maximum atomic E-state index is 11.6. The summed E-state index contributed by atoms with van der Waals surface area (Å²) in [5.74, 6) is 1.04. The van der Waals surface area contributed by atoms with Crippen LogP contribution in [-0.2, 0) is 4.79 Å². The number of rotatable bonds is 5. The zero-order valence-corrected chi connectivity index (χ0v) is 10.6. The Balaban J connectivity index is 1.77. The number of aryl methyl sites for hydroxylation is 1. The Morgan fingerprint density at radius 1 is 1.50 bits per heavy atom. The molecule has 0 saturated carbocycles. The van der Waals surface area contributed by atoms with Crippen molar-refractivity contribution in [3.8, 4) is 5.75 Å². The highest BCUT2D eigenvalue weighted by Gasteiger charge is 2.28. The average molecular weight is 249 g/mol. The number of hydrogen-bond acceptors (Lipinski definition) is 3. The van der Waals surface area contributed by atoms with Crippen LogP contribution in [0.3, 0.4) is 0 Å². The SMILES string of the molecule is Cc1cccc(OCCN2CC(CO)CC2=O)c1. The van der Waals surface area contributed by atoms with Gasteiger partial charge in [0.25, 0.3) is 0 Å². The maximum absolute atomic E-state index is 11.6. The molecule has 0 spiro atoms. The summed E-state index contributed by atoms with van der Waals surface area (Å²) in [5.41, 5.74) is 1.16. The van der Waals surface area contributed by atoms with Gasteiger partial charge in [-0.1, -0.05) is 12.1 Å². The summed E-state index contributed by atoms with van der Waals surface area (Å²) < 4.78 is 5.61. The molecule has 1 aromatic carbocycles. The molecule has 1 atom stereocenters. The first-order valence-corrected chi connectivity index (χ1v) is 6.27. The molecule has 1 heterocycles. The number of amides is 1. The van der Waals surface area contributed by atoms with E-state index in [1.54, 1.807) is 4.90 Å². The lowest BCUT2D eigenvalue weighted by Crippen LogP contribution is -2.30. The molecule has 0 aliphatic carbocycles. The highest BCUT2D eigenvalue weighted by Crippen LogP contribution is 2.17. The molecule has 0 radical (unpaired) electrons. The van der Waals surface area contributed by atoms with Gasteiger partial charge in [-0.2, -0.15) is 0 Å². The monoisotopic (exact) mass is 249 g/mol. The van der Waals surface area contributed by atoms with Crippen LogP contribution in [0.15, 0.2) is 24.3 Å². The molecule has 1 aliphatic heterocycles. The van der Waals surface area contributed by atoms with E-state index in [1.807, 2.05) is 31.2 Å². The molecule has 2 rings (SSSR count). The van der Waals surface area contributed by atoms with E-state index in [4.69, 9.17) is 9.84 Å². The first-order chi connectivity index (χ1) is 8.69. The molecule has 1 unspecified atom stereocenters. The van der Waals surface area contributed by atoms with Crippen LogP contribution in [0.2, 0.25) is 0 Å². The van der Waals surface area contributed by atoms with Crippen molar-refractivity contribution in [2.24, 2.45) is 5.92 Å². The number of likely N-dealkylation sites (tertiary alicyclic amines) is 1. The summed E-state index contributed by atoms with van der Waals surface area (Å²) >= 11 is 0. The summed E-state index contributed by atoms with van der Waals surface area (Å²) in [7, 11) is 0. The quantitative estimate of drug-likeness (QED) is 0.853. The number of nitrogens with zero attached hydrogens (tertiary/aromatic N) is 1. The third kappa shape index (κ3) is 3.23. The molecule has 4 heteroatoms. The van der Waals surface area contributed by atoms with Gasteiger partial charge in [-0.15, -0.1) is 0 Å². The van der Waals surface area contributed by atoms with Crippen molar-refractivity contribution in [3.05, 3.63) is 29.8 Å². The molecule has 1 aliphatic rings. The fraction of sp³-hybridized carbons (Fsp3) is 0.500. The lowest BCUT2D eigenvalue weighted by atomic mass is 10.1. The second-order valence-electron chi connectivity index (χ2n) is 4.76. The van der Waals surface area contributed by atoms with E-state index >= 15 is 0 Å². The van der Waals surface area contributed by atoms with E-state index in [0.717, 1.165) is 11.3 Å². The molecular weight excluding hydrogens is 230 g/mol. The minimum atomic E-state index is 0.0843. The van der Waals surface area contributed by atoms with Gasteiger partial charge in [-0.25, -0.2) is 0 Å². The normalized spacial score (nSPS) is 19.3. The smallest absolute Gasteiger partial charge is 0.223 e. The van der Waals surface area contributed by atoms with Crippen LogP contribution in [0.4, 0.5) is 0 Å². The molecule has 4 nitrogen and oxygen atoms in total. The van der Waals surface area contributed by atoms with E-state index in [-0.39, 0.29) is 18.4 Å². The number of carbonyl (C=O) groups is 1. The molecule has 1 aromatic rings. The Hall–Kier alpha value is -1.55. The van der Waals surface area contributed by atoms with Gasteiger partial charge >= 0.3 is 0 Å². The lowest BCUT2D eigenvalue weighted by molar-refractivity contribution is -0.128. The number of aliphatic hydroxyl groups excluding tert-OH is 1. The number of ether oxygens (including phenoxy) is 1. The van der Waals surface area contributed by atoms with Crippen molar-refractivity contribution in [2.45, 2.75) is 13.3 Å². The van der Waals surface area contributed by atoms with Crippen LogP contribution in [0, 0.1) is 12.8 Å². The summed E-state index contributed by atoms with van der Waals surface area (Å²) in [6, 6.07) is 7.85. The second kappa shape index (κ2) is 5.87. The van der Waals surface area contributed by atoms with Gasteiger partial charge in [0.2, 0.25) is 5.91 Å². The highest BCUT2D eigenvalue weighted by atomic mass is 16.5. The van der Waals surface area contributed by atoms with Gasteiger partial charge in [0.15, 0.2) is 0 Å². The number of carbonyl (C=O) groups excluding carboxylic acids is 1. The van der Waals surface area contributed by atoms with Crippen molar-refractivity contribution in [3.63, 3.8) is 0 Å². The Bertz CT molecular complexity index is 419. The Morgan fingerprint density at radius 2 is 2.33 bits per heavy atom. The summed E-state index contributed by atoms with van der Waals surface area (Å²) in [6.45, 7) is 3.83. The minimum Gasteiger partial charge on any atom is -0.492 e. The Morgan fingerprint density at radius 3 is 3.00 bits per heavy atom. The van der Waals surface area contributed by atoms with Crippen molar-refractivity contribution < 1.29 is 14.6 Å². The molecular formula is C14H19NO3. The van der Waals surface area contributed by atoms with E-state index in [2.05, 4.69) is 0 Å². The van der Waals surface area contributed by atoms with Gasteiger partial charge in [0.1, 0.15) is 12.4 Å². The number of aliphatic hydroxyl groups is 1. The van der Waals surface area contributed by atoms with Crippen LogP contribution >= 0.6 is 0 Å². The standard InChI is InChI=1S/C14H19NO3/c1-11-3-2-4-13(7-11)18-6-5-15-9-12(10-16)8-14(15)17/h2-4,7,12,16H,5-6,8-10H2,1H3. The third-order valence-electron chi connectivity index (χ3n) is 3.17. The van der Waals surface area contributed by atoms with E-state index < -0.39 is 0 Å². The topological polar surface area (TPSA) is 49.8 Å². The van der Waals surface area contributed by atoms with E-state index in [0.29, 0.717) is 26.1 Å². The van der Waals surface area contributed by atoms with Crippen molar-refractivity contribution in [2.75, 3.05) is 26.3 Å². The van der Waals surface area contributed by atoms with Crippen molar-refractivity contribution in [1.29, 1.82) is 0 Å². The predicted octanol–water partition coefficient (Wildman–Crippen LogP) is 1.21. The minimum absolute atomic E-state index is 0.0843. The number of benzene rings is 1. The van der Waals surface area contributed by atoms with Gasteiger partial charge < -0.3 is 14.7 Å². The highest BCUT2D eigenvalue weighted by molar-refractivity contribution is 5.78. The lowest BCUT2D eigenvalue weighted by Gasteiger charge is -2.16. The average Bonchev–Trinajstić information content (AvgIpc) is 2.71. The Labute approximate surface area is 107 Å². The molecule has 1 amide bonds. The first kappa shape index (κ1) is 12.9. The van der Waals surface area contributed by atoms with Crippen LogP contribution in [0.1, 0.15) is 12.0 Å². The predicted molar refractivity (Wildman–Crippen MR) is 68.4 cm³/mol. The molecule has 0 aromatic heterocycles. The van der Waals surface area contributed by atoms with Gasteiger partial charge in [-0.3, -0.25) is 4.79 Å². The summed E-state index contributed by atoms with van der Waals surface area (Å²) in [4.78, 5) is 13.4. The fourth-order valence-electron chi connectivity index (χ4n) is 2.17. The molecule has 18 heavy (non-hydrogen) atoms. The van der Waals surface area contributed by atoms with Crippen molar-refractivity contribution >= 4 is 5.91 Å². The molecule has 1 saturated heterocycles. The summed E-state index contributed by atoms with van der Waals surface area (Å²) in [5, 5.41) is 9.03. The molecule has 1 fully saturated rings. The fourth-order valence-corrected chi connectivity index (χ4v) is 2.17. The Kier molecular flexibility index (Phi) is 4.20. The molecule has 98 valence electrons. The molecule has 1 N–H and O–H groups in total. The molecule has 0 bridgehead atoms. The first-order valence-electron chi connectivity index (χ1n) is 6.27. The van der Waals surface area contributed by atoms with Crippen LogP contribution in [0.25, 0.3) is 0 Å². The second-order valence-corrected chi connectivity index (χ2v) is 4.76. The zero-order chi connectivity index (χ0) is 13.0. The van der Waals surface area contributed by atoms with Crippen LogP contribution in [0.5, 0.6) is 5.75 Å². The van der Waals surface area contributed by atoms with Crippen LogP contribution in [-0.4, -0.2) is 42.2 Å². The van der Waals surface area contributed by atoms with Gasteiger partial charge in [0.05, 0.1) is 6.54 Å². The van der Waals surface area contributed by atoms with Gasteiger partial charge in [-0.05, 0) is 24.6 Å². The van der Waals surface area contributed by atoms with Gasteiger partial charge in [0, 0.05) is 25.5 Å². The zero-order valence-electron chi connectivity index (χ0n) is 10.6. The maximum Gasteiger partial charge on any atom is 0.223 e. The van der Waals surface area contributed by atoms with Crippen molar-refractivity contribution in [1.82, 2.24) is 4.90 Å². The van der Waals surface area contributed by atoms with E-state index in [9.17, 15) is 4.79 Å². The number of hydrogen-bond donors (Lipinski definition) is 1. The van der Waals surface area contributed by atoms with E-state index in [1.165, 1.54) is 0 Å².